The normalized spacial score (nSPS) is 16.0. The number of carbonyl (C=O) groups excluding carboxylic acids is 3. The van der Waals surface area contributed by atoms with E-state index in [2.05, 4.69) is 0 Å². The van der Waals surface area contributed by atoms with Crippen LogP contribution in [0.4, 0.5) is 0 Å². The number of aliphatic carboxylic acids is 3. The molecule has 13 heteroatoms. The van der Waals surface area contributed by atoms with Crippen LogP contribution in [0.2, 0.25) is 10.0 Å². The van der Waals surface area contributed by atoms with Crippen molar-refractivity contribution in [2.45, 2.75) is 111 Å². The molecule has 0 heterocycles. The topological polar surface area (TPSA) is 186 Å². The molecule has 2 N–H and O–H groups in total. The van der Waals surface area contributed by atoms with Gasteiger partial charge in [-0.3, -0.25) is 9.98 Å². The molecule has 0 amide bonds. The summed E-state index contributed by atoms with van der Waals surface area (Å²) in [6, 6.07) is 7.09. The Morgan fingerprint density at radius 3 is 1.17 bits per heavy atom. The minimum atomic E-state index is -1.08. The van der Waals surface area contributed by atoms with E-state index in [1.165, 1.54) is 0 Å². The molecule has 2 atom stereocenters. The van der Waals surface area contributed by atoms with Gasteiger partial charge in [-0.2, -0.15) is 0 Å². The van der Waals surface area contributed by atoms with Gasteiger partial charge in [-0.05, 0) is 68.7 Å². The summed E-state index contributed by atoms with van der Waals surface area (Å²) >= 11 is 12.7. The Balaban J connectivity index is 0. The van der Waals surface area contributed by atoms with Gasteiger partial charge in [0.2, 0.25) is 0 Å². The standard InChI is InChI=1S/C28H36Cl2N2O2.3C2H4O2.Co/c1-27(2,3)21-13-19(29)11-17(25(21)33)15-31-23-9-7-8-10-24(23)32-16-18-12-20(30)14-22(26(18)34)28(4,5)6;3*1-2(3)4;/h11-16,23-24,33-34H,7-10H2,1-6H3;3*1H3,(H,3,4);/q;;;;+3/p-3/t23-,24-;;;;/m1..../s1. The number of halogens is 2. The Hall–Kier alpha value is -3.12. The Kier molecular flexibility index (Phi) is 20.5. The summed E-state index contributed by atoms with van der Waals surface area (Å²) < 4.78 is 0. The van der Waals surface area contributed by atoms with E-state index in [0.717, 1.165) is 57.6 Å². The maximum atomic E-state index is 10.8. The number of carbonyl (C=O) groups is 3. The van der Waals surface area contributed by atoms with E-state index in [1.54, 1.807) is 24.6 Å². The fourth-order valence-corrected chi connectivity index (χ4v) is 4.83. The second-order valence-corrected chi connectivity index (χ2v) is 13.6. The zero-order chi connectivity index (χ0) is 36.0. The Morgan fingerprint density at radius 1 is 0.681 bits per heavy atom. The largest absolute Gasteiger partial charge is 3.00 e. The van der Waals surface area contributed by atoms with Crippen LogP contribution in [-0.2, 0) is 42.0 Å². The van der Waals surface area contributed by atoms with Crippen LogP contribution in [-0.4, -0.2) is 52.6 Å². The Bertz CT molecular complexity index is 1270. The molecule has 0 radical (unpaired) electrons. The number of benzene rings is 2. The van der Waals surface area contributed by atoms with Gasteiger partial charge in [0.25, 0.3) is 0 Å². The second-order valence-electron chi connectivity index (χ2n) is 12.7. The van der Waals surface area contributed by atoms with Gasteiger partial charge < -0.3 is 39.9 Å². The number of hydrogen-bond donors (Lipinski definition) is 2. The van der Waals surface area contributed by atoms with Crippen molar-refractivity contribution in [3.63, 3.8) is 0 Å². The predicted molar refractivity (Wildman–Crippen MR) is 177 cm³/mol. The minimum Gasteiger partial charge on any atom is -0.550 e. The predicted octanol–water partition coefficient (Wildman–Crippen LogP) is 4.11. The number of hydrogen-bond acceptors (Lipinski definition) is 10. The van der Waals surface area contributed by atoms with Gasteiger partial charge in [-0.15, -0.1) is 0 Å². The van der Waals surface area contributed by atoms with Crippen molar-refractivity contribution in [2.75, 3.05) is 0 Å². The number of rotatable bonds is 4. The van der Waals surface area contributed by atoms with Crippen molar-refractivity contribution in [3.8, 4) is 11.5 Å². The van der Waals surface area contributed by atoms with Crippen LogP contribution in [0.1, 0.15) is 110 Å². The van der Waals surface area contributed by atoms with Gasteiger partial charge in [-0.1, -0.05) is 77.6 Å². The van der Waals surface area contributed by atoms with Crippen LogP contribution in [0.3, 0.4) is 0 Å². The van der Waals surface area contributed by atoms with Gasteiger partial charge in [0.1, 0.15) is 11.5 Å². The summed E-state index contributed by atoms with van der Waals surface area (Å²) in [4.78, 5) is 36.3. The summed E-state index contributed by atoms with van der Waals surface area (Å²) in [5.41, 5.74) is 2.36. The van der Waals surface area contributed by atoms with Gasteiger partial charge >= 0.3 is 16.8 Å². The van der Waals surface area contributed by atoms with Gasteiger partial charge in [0, 0.05) is 62.6 Å². The molecule has 0 bridgehead atoms. The molecule has 0 spiro atoms. The first-order valence-corrected chi connectivity index (χ1v) is 15.4. The van der Waals surface area contributed by atoms with E-state index in [-0.39, 0.29) is 51.2 Å². The van der Waals surface area contributed by atoms with Crippen LogP contribution >= 0.6 is 23.2 Å². The maximum Gasteiger partial charge on any atom is 3.00 e. The van der Waals surface area contributed by atoms with E-state index in [4.69, 9.17) is 62.9 Å². The first-order chi connectivity index (χ1) is 21.0. The Labute approximate surface area is 298 Å². The molecule has 3 rings (SSSR count). The van der Waals surface area contributed by atoms with Crippen LogP contribution in [0.15, 0.2) is 34.3 Å². The third-order valence-corrected chi connectivity index (χ3v) is 6.76. The van der Waals surface area contributed by atoms with E-state index in [0.29, 0.717) is 21.2 Å². The van der Waals surface area contributed by atoms with Crippen molar-refractivity contribution in [3.05, 3.63) is 56.6 Å². The molecule has 0 aliphatic heterocycles. The molecule has 47 heavy (non-hydrogen) atoms. The number of aliphatic imine (C=N–C) groups is 2. The molecule has 0 saturated heterocycles. The van der Waals surface area contributed by atoms with Crippen molar-refractivity contribution in [1.29, 1.82) is 0 Å². The minimum absolute atomic E-state index is 0. The monoisotopic (exact) mass is 738 g/mol. The summed E-state index contributed by atoms with van der Waals surface area (Å²) in [5, 5.41) is 49.5. The summed E-state index contributed by atoms with van der Waals surface area (Å²) in [5.74, 6) is -2.81. The fraction of sp³-hybridized carbons (Fsp3) is 0.500. The van der Waals surface area contributed by atoms with E-state index < -0.39 is 17.9 Å². The zero-order valence-corrected chi connectivity index (χ0v) is 30.8. The average Bonchev–Trinajstić information content (AvgIpc) is 2.87. The summed E-state index contributed by atoms with van der Waals surface area (Å²) in [7, 11) is 0. The smallest absolute Gasteiger partial charge is 0.550 e. The molecule has 1 aliphatic rings. The quantitative estimate of drug-likeness (QED) is 0.439. The Morgan fingerprint density at radius 2 is 0.936 bits per heavy atom. The second kappa shape index (κ2) is 21.0. The molecular formula is C34H45Cl2CoN2O8. The van der Waals surface area contributed by atoms with Crippen molar-refractivity contribution in [2.24, 2.45) is 9.98 Å². The molecule has 2 aromatic carbocycles. The molecule has 0 unspecified atom stereocenters. The van der Waals surface area contributed by atoms with Crippen LogP contribution in [0.5, 0.6) is 11.5 Å². The number of phenolic OH excluding ortho intramolecular Hbond substituents is 2. The van der Waals surface area contributed by atoms with E-state index in [9.17, 15) is 10.2 Å². The van der Waals surface area contributed by atoms with Gasteiger partial charge in [0.05, 0.1) is 12.1 Å². The number of nitrogens with zero attached hydrogens (tertiary/aromatic N) is 2. The number of carboxylic acids is 3. The summed E-state index contributed by atoms with van der Waals surface area (Å²) in [6.45, 7) is 15.2. The zero-order valence-electron chi connectivity index (χ0n) is 28.3. The number of carboxylic acid groups (broad SMARTS) is 3. The molecule has 1 fully saturated rings. The fourth-order valence-electron chi connectivity index (χ4n) is 4.37. The third kappa shape index (κ3) is 18.7. The molecule has 1 aliphatic carbocycles. The SMILES string of the molecule is CC(=O)[O-].CC(=O)[O-].CC(=O)[O-].CC(C)(C)c1cc(Cl)cc(C=N[C@@H]2CCCC[C@H]2N=Cc2cc(Cl)cc(C(C)(C)C)c2O)c1O.[Co+3]. The number of aromatic hydroxyl groups is 2. The molecule has 1 saturated carbocycles. The molecule has 262 valence electrons. The first-order valence-electron chi connectivity index (χ1n) is 14.6. The molecule has 10 nitrogen and oxygen atoms in total. The van der Waals surface area contributed by atoms with Gasteiger partial charge in [-0.25, -0.2) is 0 Å². The van der Waals surface area contributed by atoms with Crippen molar-refractivity contribution in [1.82, 2.24) is 0 Å². The molecular weight excluding hydrogens is 694 g/mol. The average molecular weight is 740 g/mol. The van der Waals surface area contributed by atoms with Crippen molar-refractivity contribution < 1.29 is 56.7 Å². The van der Waals surface area contributed by atoms with E-state index >= 15 is 0 Å². The third-order valence-electron chi connectivity index (χ3n) is 6.33. The van der Waals surface area contributed by atoms with Gasteiger partial charge in [0.15, 0.2) is 0 Å². The van der Waals surface area contributed by atoms with Crippen LogP contribution < -0.4 is 15.3 Å². The maximum absolute atomic E-state index is 10.8. The van der Waals surface area contributed by atoms with Crippen LogP contribution in [0.25, 0.3) is 0 Å². The van der Waals surface area contributed by atoms with Crippen LogP contribution in [0, 0.1) is 0 Å². The molecule has 2 aromatic rings. The first kappa shape index (κ1) is 46.0. The van der Waals surface area contributed by atoms with Crippen molar-refractivity contribution >= 4 is 53.5 Å². The summed E-state index contributed by atoms with van der Waals surface area (Å²) in [6.07, 6.45) is 7.45. The van der Waals surface area contributed by atoms with E-state index in [1.807, 2.05) is 53.7 Å². The number of phenols is 2. The molecule has 0 aromatic heterocycles.